The summed E-state index contributed by atoms with van der Waals surface area (Å²) < 4.78 is 64.2. The molecule has 13 nitrogen and oxygen atoms in total. The average molecular weight is 669 g/mol. The Bertz CT molecular complexity index is 2030. The van der Waals surface area contributed by atoms with E-state index in [0.29, 0.717) is 11.4 Å². The molecule has 4 aromatic carbocycles. The summed E-state index contributed by atoms with van der Waals surface area (Å²) in [6, 6.07) is 29.2. The van der Waals surface area contributed by atoms with Gasteiger partial charge in [-0.2, -0.15) is 31.8 Å². The molecule has 230 valence electrons. The summed E-state index contributed by atoms with van der Waals surface area (Å²) in [5.41, 5.74) is 3.37. The topological polar surface area (TPSA) is 190 Å². The largest absolute Gasteiger partial charge is 1.00 e. The molecule has 0 radical (unpaired) electrons. The molecule has 0 saturated heterocycles. The van der Waals surface area contributed by atoms with Crippen LogP contribution < -0.4 is 45.7 Å². The Kier molecular flexibility index (Phi) is 11.4. The van der Waals surface area contributed by atoms with Gasteiger partial charge in [0.05, 0.1) is 0 Å². The van der Waals surface area contributed by atoms with Crippen molar-refractivity contribution in [3.05, 3.63) is 126 Å². The second-order valence-corrected chi connectivity index (χ2v) is 12.0. The second-order valence-electron chi connectivity index (χ2n) is 9.14. The Morgan fingerprint density at radius 3 is 1.59 bits per heavy atom. The van der Waals surface area contributed by atoms with Gasteiger partial charge in [0.15, 0.2) is 0 Å². The third-order valence-corrected chi connectivity index (χ3v) is 8.11. The van der Waals surface area contributed by atoms with Gasteiger partial charge in [0, 0.05) is 11.4 Å². The summed E-state index contributed by atoms with van der Waals surface area (Å²) in [7, 11) is -9.14. The maximum Gasteiger partial charge on any atom is 1.00 e. The predicted octanol–water partition coefficient (Wildman–Crippen LogP) is 1.94. The number of carbonyl (C=O) groups is 1. The standard InChI is InChI=1S/C30H24N6O7S2.Na.H/c37-28(27-33-29(31-23-13-3-1-4-14-23)35-30(34-27)32-24-15-5-2-6-16-24)36-43-45(41,42)26-18-10-8-12-22(26)20-19-21-11-7-9-17-25(21)44(38,39)40;;/h1-20H,(H,36,37)(H,38,39,40)(H2,31,32,33,34,35);;/q;+1;-1. The van der Waals surface area contributed by atoms with E-state index in [2.05, 4.69) is 25.6 Å². The zero-order valence-corrected chi connectivity index (χ0v) is 27.7. The number of amides is 1. The molecule has 1 heterocycles. The van der Waals surface area contributed by atoms with E-state index in [1.807, 2.05) is 17.6 Å². The Morgan fingerprint density at radius 2 is 1.09 bits per heavy atom. The quantitative estimate of drug-likeness (QED) is 0.0694. The van der Waals surface area contributed by atoms with Crippen LogP contribution in [0.5, 0.6) is 0 Å². The predicted molar refractivity (Wildman–Crippen MR) is 168 cm³/mol. The average Bonchev–Trinajstić information content (AvgIpc) is 3.03. The smallest absolute Gasteiger partial charge is 1.00 e. The van der Waals surface area contributed by atoms with Crippen molar-refractivity contribution in [2.75, 3.05) is 10.6 Å². The molecule has 0 aliphatic heterocycles. The number of hydroxylamine groups is 1. The third kappa shape index (κ3) is 9.04. The molecular formula is C30H25N6NaO7S2. The minimum absolute atomic E-state index is 0. The Morgan fingerprint density at radius 1 is 0.652 bits per heavy atom. The van der Waals surface area contributed by atoms with Gasteiger partial charge in [0.25, 0.3) is 10.1 Å². The van der Waals surface area contributed by atoms with Crippen molar-refractivity contribution < 1.29 is 61.5 Å². The summed E-state index contributed by atoms with van der Waals surface area (Å²) in [6.07, 6.45) is 2.65. The molecule has 46 heavy (non-hydrogen) atoms. The van der Waals surface area contributed by atoms with Crippen LogP contribution in [0, 0.1) is 0 Å². The molecule has 0 atom stereocenters. The molecule has 0 bridgehead atoms. The van der Waals surface area contributed by atoms with E-state index >= 15 is 0 Å². The van der Waals surface area contributed by atoms with Gasteiger partial charge in [-0.3, -0.25) is 9.35 Å². The van der Waals surface area contributed by atoms with Crippen molar-refractivity contribution in [1.29, 1.82) is 0 Å². The molecule has 0 unspecified atom stereocenters. The van der Waals surface area contributed by atoms with Gasteiger partial charge in [0.1, 0.15) is 9.79 Å². The number of anilines is 4. The number of rotatable bonds is 11. The van der Waals surface area contributed by atoms with E-state index in [1.54, 1.807) is 60.7 Å². The van der Waals surface area contributed by atoms with Gasteiger partial charge in [-0.25, -0.2) is 5.48 Å². The fourth-order valence-corrected chi connectivity index (χ4v) is 5.58. The molecule has 0 saturated carbocycles. The van der Waals surface area contributed by atoms with Crippen LogP contribution in [-0.4, -0.2) is 42.2 Å². The first kappa shape index (κ1) is 34.4. The maximum absolute atomic E-state index is 13.2. The van der Waals surface area contributed by atoms with Crippen LogP contribution in [0.2, 0.25) is 0 Å². The molecule has 4 N–H and O–H groups in total. The minimum atomic E-state index is -4.61. The molecule has 1 amide bonds. The van der Waals surface area contributed by atoms with Gasteiger partial charge >= 0.3 is 45.6 Å². The summed E-state index contributed by atoms with van der Waals surface area (Å²) in [6.45, 7) is 0. The number of para-hydroxylation sites is 2. The van der Waals surface area contributed by atoms with E-state index in [9.17, 15) is 26.2 Å². The zero-order valence-electron chi connectivity index (χ0n) is 25.1. The van der Waals surface area contributed by atoms with Crippen LogP contribution in [0.4, 0.5) is 23.3 Å². The molecule has 0 aliphatic rings. The monoisotopic (exact) mass is 668 g/mol. The molecule has 5 aromatic rings. The number of carbonyl (C=O) groups excluding carboxylic acids is 1. The number of nitrogens with one attached hydrogen (secondary N) is 3. The summed E-state index contributed by atoms with van der Waals surface area (Å²) >= 11 is 0. The van der Waals surface area contributed by atoms with Crippen molar-refractivity contribution >= 4 is 61.6 Å². The van der Waals surface area contributed by atoms with Crippen LogP contribution in [-0.2, 0) is 24.5 Å². The molecule has 1 aromatic heterocycles. The SMILES string of the molecule is O=C(NOS(=O)(=O)c1ccccc1C=Cc1ccccc1S(=O)(=O)O)c1nc(Nc2ccccc2)nc(Nc2ccccc2)n1.[H-].[Na+]. The van der Waals surface area contributed by atoms with Crippen molar-refractivity contribution in [2.24, 2.45) is 0 Å². The van der Waals surface area contributed by atoms with Gasteiger partial charge in [-0.15, -0.1) is 4.28 Å². The normalized spacial score (nSPS) is 11.4. The Labute approximate surface area is 288 Å². The second kappa shape index (κ2) is 15.2. The fraction of sp³-hybridized carbons (Fsp3) is 0. The van der Waals surface area contributed by atoms with Crippen molar-refractivity contribution in [3.8, 4) is 0 Å². The van der Waals surface area contributed by atoms with E-state index in [-0.39, 0.29) is 63.8 Å². The van der Waals surface area contributed by atoms with Gasteiger partial charge in [-0.1, -0.05) is 84.9 Å². The van der Waals surface area contributed by atoms with E-state index < -0.39 is 32.0 Å². The van der Waals surface area contributed by atoms with E-state index in [0.717, 1.165) is 0 Å². The van der Waals surface area contributed by atoms with Crippen molar-refractivity contribution in [2.45, 2.75) is 9.79 Å². The zero-order chi connectivity index (χ0) is 31.9. The van der Waals surface area contributed by atoms with Crippen molar-refractivity contribution in [1.82, 2.24) is 20.4 Å². The summed E-state index contributed by atoms with van der Waals surface area (Å²) in [4.78, 5) is 24.9. The van der Waals surface area contributed by atoms with Gasteiger partial charge in [0.2, 0.25) is 17.7 Å². The van der Waals surface area contributed by atoms with Crippen LogP contribution >= 0.6 is 0 Å². The van der Waals surface area contributed by atoms with Crippen LogP contribution in [0.15, 0.2) is 119 Å². The Hall–Kier alpha value is -4.48. The molecule has 0 aliphatic carbocycles. The van der Waals surface area contributed by atoms with Gasteiger partial charge in [-0.05, 0) is 47.5 Å². The minimum Gasteiger partial charge on any atom is -1.00 e. The molecular weight excluding hydrogens is 643 g/mol. The molecule has 0 fully saturated rings. The maximum atomic E-state index is 13.2. The number of benzene rings is 4. The van der Waals surface area contributed by atoms with E-state index in [1.165, 1.54) is 48.6 Å². The summed E-state index contributed by atoms with van der Waals surface area (Å²) in [5, 5.41) is 5.94. The first-order valence-electron chi connectivity index (χ1n) is 13.1. The number of nitrogens with zero attached hydrogens (tertiary/aromatic N) is 3. The molecule has 16 heteroatoms. The molecule has 0 spiro atoms. The molecule has 5 rings (SSSR count). The Balaban J connectivity index is 0.00000300. The van der Waals surface area contributed by atoms with Crippen LogP contribution in [0.25, 0.3) is 12.2 Å². The van der Waals surface area contributed by atoms with E-state index in [4.69, 9.17) is 4.28 Å². The van der Waals surface area contributed by atoms with Gasteiger partial charge < -0.3 is 12.1 Å². The number of hydrogen-bond donors (Lipinski definition) is 4. The van der Waals surface area contributed by atoms with Crippen LogP contribution in [0.3, 0.4) is 0 Å². The third-order valence-electron chi connectivity index (χ3n) is 5.97. The first-order valence-corrected chi connectivity index (χ1v) is 15.9. The first-order chi connectivity index (χ1) is 21.6. The number of aromatic nitrogens is 3. The number of hydrogen-bond acceptors (Lipinski definition) is 11. The fourth-order valence-electron chi connectivity index (χ4n) is 3.95. The van der Waals surface area contributed by atoms with Crippen molar-refractivity contribution in [3.63, 3.8) is 0 Å². The summed E-state index contributed by atoms with van der Waals surface area (Å²) in [5.74, 6) is -1.53. The van der Waals surface area contributed by atoms with Crippen LogP contribution in [0.1, 0.15) is 23.2 Å².